The van der Waals surface area contributed by atoms with E-state index < -0.39 is 0 Å². The van der Waals surface area contributed by atoms with Crippen LogP contribution in [0.25, 0.3) is 17.0 Å². The van der Waals surface area contributed by atoms with Crippen molar-refractivity contribution in [2.45, 2.75) is 53.5 Å². The van der Waals surface area contributed by atoms with Gasteiger partial charge in [0.05, 0.1) is 11.7 Å². The van der Waals surface area contributed by atoms with Crippen LogP contribution in [0.5, 0.6) is 0 Å². The van der Waals surface area contributed by atoms with E-state index in [0.717, 1.165) is 46.9 Å². The number of nitrogens with zero attached hydrogens (tertiary/aromatic N) is 7. The van der Waals surface area contributed by atoms with Crippen LogP contribution in [0.1, 0.15) is 53.5 Å². The predicted octanol–water partition coefficient (Wildman–Crippen LogP) is 3.85. The molecule has 4 aromatic rings. The third-order valence-corrected chi connectivity index (χ3v) is 7.20. The van der Waals surface area contributed by atoms with Crippen molar-refractivity contribution in [3.8, 4) is 11.4 Å². The van der Waals surface area contributed by atoms with E-state index in [2.05, 4.69) is 45.9 Å². The van der Waals surface area contributed by atoms with Gasteiger partial charge in [0.25, 0.3) is 0 Å². The molecule has 1 saturated heterocycles. The molecule has 3 aromatic heterocycles. The van der Waals surface area contributed by atoms with Gasteiger partial charge in [-0.1, -0.05) is 35.0 Å². The summed E-state index contributed by atoms with van der Waals surface area (Å²) in [6.07, 6.45) is 1.13. The minimum Gasteiger partial charge on any atom is -0.340 e. The summed E-state index contributed by atoms with van der Waals surface area (Å²) in [5.41, 5.74) is 7.07. The third-order valence-electron chi connectivity index (χ3n) is 7.20. The number of carbonyl (C=O) groups is 1. The summed E-state index contributed by atoms with van der Waals surface area (Å²) in [4.78, 5) is 26.6. The van der Waals surface area contributed by atoms with Crippen molar-refractivity contribution in [3.63, 3.8) is 0 Å². The Bertz CT molecular complexity index is 1380. The zero-order valence-electron chi connectivity index (χ0n) is 21.7. The quantitative estimate of drug-likeness (QED) is 0.408. The van der Waals surface area contributed by atoms with Gasteiger partial charge in [-0.15, -0.1) is 0 Å². The Balaban J connectivity index is 1.17. The molecule has 1 aromatic carbocycles. The van der Waals surface area contributed by atoms with E-state index >= 15 is 0 Å². The molecule has 0 saturated carbocycles. The molecule has 1 atom stereocenters. The summed E-state index contributed by atoms with van der Waals surface area (Å²) in [5.74, 6) is 1.39. The monoisotopic (exact) mass is 487 g/mol. The number of carbonyl (C=O) groups excluding carboxylic acids is 1. The number of aryl methyl sites for hydroxylation is 4. The average molecular weight is 488 g/mol. The predicted molar refractivity (Wildman–Crippen MR) is 137 cm³/mol. The van der Waals surface area contributed by atoms with Crippen LogP contribution in [0.2, 0.25) is 0 Å². The number of rotatable bonds is 6. The Morgan fingerprint density at radius 2 is 1.75 bits per heavy atom. The molecular weight excluding hydrogens is 454 g/mol. The molecule has 0 aliphatic carbocycles. The van der Waals surface area contributed by atoms with Gasteiger partial charge in [0.2, 0.25) is 17.6 Å². The summed E-state index contributed by atoms with van der Waals surface area (Å²) >= 11 is 0. The standard InChI is InChI=1S/C27H33N7O2/c1-17-6-8-22(9-7-17)26-29-27(36-31-26)21(5)32-12-14-33(15-13-32)25(35)11-10-23-19(3)28-24-16-18(2)30-34(24)20(23)4/h6-9,16,21H,10-15H2,1-5H3. The Morgan fingerprint density at radius 3 is 2.47 bits per heavy atom. The molecule has 5 rings (SSSR count). The summed E-state index contributed by atoms with van der Waals surface area (Å²) in [6.45, 7) is 13.1. The molecule has 1 fully saturated rings. The molecule has 1 aliphatic heterocycles. The van der Waals surface area contributed by atoms with Gasteiger partial charge in [0.15, 0.2) is 5.65 Å². The van der Waals surface area contributed by atoms with Crippen LogP contribution in [0.3, 0.4) is 0 Å². The van der Waals surface area contributed by atoms with Crippen LogP contribution in [-0.2, 0) is 11.2 Å². The fraction of sp³-hybridized carbons (Fsp3) is 0.444. The fourth-order valence-corrected chi connectivity index (χ4v) is 4.93. The lowest BCUT2D eigenvalue weighted by molar-refractivity contribution is -0.133. The zero-order valence-corrected chi connectivity index (χ0v) is 21.7. The molecule has 1 unspecified atom stereocenters. The second kappa shape index (κ2) is 9.81. The molecule has 9 heteroatoms. The normalized spacial score (nSPS) is 15.5. The summed E-state index contributed by atoms with van der Waals surface area (Å²) in [6, 6.07) is 10.1. The van der Waals surface area contributed by atoms with Crippen LogP contribution in [0, 0.1) is 27.7 Å². The highest BCUT2D eigenvalue weighted by Crippen LogP contribution is 2.24. The molecule has 0 radical (unpaired) electrons. The maximum absolute atomic E-state index is 13.0. The molecule has 1 aliphatic rings. The van der Waals surface area contributed by atoms with E-state index in [9.17, 15) is 4.79 Å². The van der Waals surface area contributed by atoms with Crippen molar-refractivity contribution in [2.24, 2.45) is 0 Å². The van der Waals surface area contributed by atoms with Gasteiger partial charge < -0.3 is 9.42 Å². The number of hydrogen-bond donors (Lipinski definition) is 0. The minimum atomic E-state index is -0.00502. The molecule has 0 spiro atoms. The summed E-state index contributed by atoms with van der Waals surface area (Å²) in [7, 11) is 0. The molecule has 0 bridgehead atoms. The van der Waals surface area contributed by atoms with Crippen LogP contribution in [-0.4, -0.2) is 66.6 Å². The SMILES string of the molecule is Cc1ccc(-c2noc(C(C)N3CCN(C(=O)CCc4c(C)nc5cc(C)nn5c4C)CC3)n2)cc1. The van der Waals surface area contributed by atoms with E-state index in [-0.39, 0.29) is 11.9 Å². The molecule has 36 heavy (non-hydrogen) atoms. The molecule has 1 amide bonds. The number of aromatic nitrogens is 5. The van der Waals surface area contributed by atoms with Crippen LogP contribution >= 0.6 is 0 Å². The first-order chi connectivity index (χ1) is 17.3. The largest absolute Gasteiger partial charge is 0.340 e. The van der Waals surface area contributed by atoms with Crippen molar-refractivity contribution >= 4 is 11.6 Å². The van der Waals surface area contributed by atoms with Gasteiger partial charge in [-0.05, 0) is 46.6 Å². The smallest absolute Gasteiger partial charge is 0.244 e. The van der Waals surface area contributed by atoms with E-state index in [4.69, 9.17) is 4.52 Å². The lowest BCUT2D eigenvalue weighted by atomic mass is 10.1. The Kier molecular flexibility index (Phi) is 6.57. The number of fused-ring (bicyclic) bond motifs is 1. The highest BCUT2D eigenvalue weighted by molar-refractivity contribution is 5.76. The van der Waals surface area contributed by atoms with Gasteiger partial charge in [0.1, 0.15) is 0 Å². The first-order valence-corrected chi connectivity index (χ1v) is 12.5. The lowest BCUT2D eigenvalue weighted by Gasteiger charge is -2.36. The van der Waals surface area contributed by atoms with E-state index in [0.29, 0.717) is 37.6 Å². The lowest BCUT2D eigenvalue weighted by Crippen LogP contribution is -2.49. The fourth-order valence-electron chi connectivity index (χ4n) is 4.93. The van der Waals surface area contributed by atoms with Gasteiger partial charge in [-0.25, -0.2) is 9.50 Å². The number of piperazine rings is 1. The van der Waals surface area contributed by atoms with Crippen molar-refractivity contribution in [2.75, 3.05) is 26.2 Å². The van der Waals surface area contributed by atoms with Gasteiger partial charge in [-0.3, -0.25) is 9.69 Å². The van der Waals surface area contributed by atoms with Crippen molar-refractivity contribution in [3.05, 3.63) is 64.4 Å². The maximum atomic E-state index is 13.0. The van der Waals surface area contributed by atoms with Gasteiger partial charge in [-0.2, -0.15) is 10.1 Å². The minimum absolute atomic E-state index is 0.00502. The third kappa shape index (κ3) is 4.75. The molecule has 188 valence electrons. The van der Waals surface area contributed by atoms with Crippen molar-refractivity contribution in [1.82, 2.24) is 34.5 Å². The van der Waals surface area contributed by atoms with Crippen molar-refractivity contribution in [1.29, 1.82) is 0 Å². The van der Waals surface area contributed by atoms with E-state index in [1.807, 2.05) is 53.6 Å². The van der Waals surface area contributed by atoms with E-state index in [1.165, 1.54) is 5.56 Å². The van der Waals surface area contributed by atoms with E-state index in [1.54, 1.807) is 0 Å². The van der Waals surface area contributed by atoms with Gasteiger partial charge >= 0.3 is 0 Å². The van der Waals surface area contributed by atoms with Gasteiger partial charge in [0, 0.05) is 55.6 Å². The maximum Gasteiger partial charge on any atom is 0.244 e. The number of amides is 1. The Morgan fingerprint density at radius 1 is 1.03 bits per heavy atom. The zero-order chi connectivity index (χ0) is 25.4. The number of hydrogen-bond acceptors (Lipinski definition) is 7. The molecular formula is C27H33N7O2. The Hall–Kier alpha value is -3.59. The summed E-state index contributed by atoms with van der Waals surface area (Å²) < 4.78 is 7.46. The Labute approximate surface area is 211 Å². The first kappa shape index (κ1) is 24.1. The second-order valence-corrected chi connectivity index (χ2v) is 9.73. The van der Waals surface area contributed by atoms with Crippen LogP contribution in [0.4, 0.5) is 0 Å². The van der Waals surface area contributed by atoms with Crippen LogP contribution in [0.15, 0.2) is 34.9 Å². The summed E-state index contributed by atoms with van der Waals surface area (Å²) in [5, 5.41) is 8.71. The molecule has 0 N–H and O–H groups in total. The van der Waals surface area contributed by atoms with Crippen molar-refractivity contribution < 1.29 is 9.32 Å². The molecule has 4 heterocycles. The highest BCUT2D eigenvalue weighted by atomic mass is 16.5. The first-order valence-electron chi connectivity index (χ1n) is 12.5. The highest BCUT2D eigenvalue weighted by Gasteiger charge is 2.28. The number of benzene rings is 1. The average Bonchev–Trinajstić information content (AvgIpc) is 3.51. The second-order valence-electron chi connectivity index (χ2n) is 9.73. The topological polar surface area (TPSA) is 92.7 Å². The van der Waals surface area contributed by atoms with Crippen LogP contribution < -0.4 is 0 Å². The molecule has 9 nitrogen and oxygen atoms in total.